The number of hydrogen-bond acceptors (Lipinski definition) is 4. The van der Waals surface area contributed by atoms with Crippen LogP contribution < -0.4 is 10.1 Å². The van der Waals surface area contributed by atoms with Crippen molar-refractivity contribution in [1.29, 1.82) is 0 Å². The number of halogens is 1. The van der Waals surface area contributed by atoms with Crippen LogP contribution in [0.25, 0.3) is 10.2 Å². The standard InChI is InChI=1S/C14H17BrN2O2S/c1-3-4-5-10(15)13(18)17-14-16-11-7-6-9(19-2)8-12(11)20-14/h6-8,10H,3-5H2,1-2H3,(H,16,17,18)/t10-/m0/s1. The molecule has 6 heteroatoms. The number of amides is 1. The zero-order chi connectivity index (χ0) is 14.5. The van der Waals surface area contributed by atoms with Gasteiger partial charge in [0, 0.05) is 0 Å². The van der Waals surface area contributed by atoms with Crippen molar-refractivity contribution in [2.75, 3.05) is 12.4 Å². The fourth-order valence-corrected chi connectivity index (χ4v) is 3.12. The summed E-state index contributed by atoms with van der Waals surface area (Å²) in [7, 11) is 1.63. The maximum atomic E-state index is 12.0. The fourth-order valence-electron chi connectivity index (χ4n) is 1.78. The first-order chi connectivity index (χ1) is 9.63. The van der Waals surface area contributed by atoms with Crippen molar-refractivity contribution in [2.45, 2.75) is 31.0 Å². The minimum Gasteiger partial charge on any atom is -0.497 e. The summed E-state index contributed by atoms with van der Waals surface area (Å²) < 4.78 is 6.18. The molecular formula is C14H17BrN2O2S. The van der Waals surface area contributed by atoms with Crippen molar-refractivity contribution in [1.82, 2.24) is 4.98 Å². The smallest absolute Gasteiger partial charge is 0.239 e. The molecule has 0 radical (unpaired) electrons. The number of fused-ring (bicyclic) bond motifs is 1. The van der Waals surface area contributed by atoms with Crippen LogP contribution in [0.15, 0.2) is 18.2 Å². The molecule has 4 nitrogen and oxygen atoms in total. The Labute approximate surface area is 130 Å². The lowest BCUT2D eigenvalue weighted by Crippen LogP contribution is -2.22. The number of anilines is 1. The topological polar surface area (TPSA) is 51.2 Å². The van der Waals surface area contributed by atoms with E-state index in [0.29, 0.717) is 5.13 Å². The van der Waals surface area contributed by atoms with Gasteiger partial charge < -0.3 is 10.1 Å². The highest BCUT2D eigenvalue weighted by Gasteiger charge is 2.16. The van der Waals surface area contributed by atoms with Gasteiger partial charge in [-0.15, -0.1) is 0 Å². The van der Waals surface area contributed by atoms with Crippen LogP contribution in [-0.4, -0.2) is 22.8 Å². The van der Waals surface area contributed by atoms with Gasteiger partial charge in [0.25, 0.3) is 0 Å². The molecule has 1 aromatic carbocycles. The molecular weight excluding hydrogens is 340 g/mol. The number of nitrogens with one attached hydrogen (secondary N) is 1. The first-order valence-corrected chi connectivity index (χ1v) is 8.26. The Morgan fingerprint density at radius 1 is 1.55 bits per heavy atom. The second-order valence-electron chi connectivity index (χ2n) is 4.45. The van der Waals surface area contributed by atoms with Gasteiger partial charge in [0.15, 0.2) is 5.13 Å². The molecule has 0 bridgehead atoms. The van der Waals surface area contributed by atoms with E-state index in [9.17, 15) is 4.79 Å². The Morgan fingerprint density at radius 3 is 3.05 bits per heavy atom. The average Bonchev–Trinajstić information content (AvgIpc) is 2.85. The van der Waals surface area contributed by atoms with Gasteiger partial charge in [-0.05, 0) is 24.6 Å². The summed E-state index contributed by atoms with van der Waals surface area (Å²) in [4.78, 5) is 16.2. The Morgan fingerprint density at radius 2 is 2.35 bits per heavy atom. The van der Waals surface area contributed by atoms with E-state index in [1.807, 2.05) is 18.2 Å². The number of unbranched alkanes of at least 4 members (excludes halogenated alkanes) is 1. The molecule has 20 heavy (non-hydrogen) atoms. The predicted molar refractivity (Wildman–Crippen MR) is 87.0 cm³/mol. The van der Waals surface area contributed by atoms with Gasteiger partial charge in [-0.3, -0.25) is 4.79 Å². The van der Waals surface area contributed by atoms with Crippen molar-refractivity contribution >= 4 is 48.5 Å². The van der Waals surface area contributed by atoms with Gasteiger partial charge in [0.2, 0.25) is 5.91 Å². The zero-order valence-electron chi connectivity index (χ0n) is 11.5. The number of aromatic nitrogens is 1. The van der Waals surface area contributed by atoms with Crippen molar-refractivity contribution in [2.24, 2.45) is 0 Å². The molecule has 1 aromatic heterocycles. The van der Waals surface area contributed by atoms with Crippen molar-refractivity contribution in [3.63, 3.8) is 0 Å². The lowest BCUT2D eigenvalue weighted by Gasteiger charge is -2.07. The van der Waals surface area contributed by atoms with Crippen LogP contribution in [0.3, 0.4) is 0 Å². The molecule has 1 N–H and O–H groups in total. The van der Waals surface area contributed by atoms with E-state index in [1.165, 1.54) is 11.3 Å². The van der Waals surface area contributed by atoms with Crippen LogP contribution in [0.4, 0.5) is 5.13 Å². The van der Waals surface area contributed by atoms with Crippen molar-refractivity contribution < 1.29 is 9.53 Å². The van der Waals surface area contributed by atoms with Crippen LogP contribution in [0.1, 0.15) is 26.2 Å². The average molecular weight is 357 g/mol. The monoisotopic (exact) mass is 356 g/mol. The Kier molecular flexibility index (Phi) is 5.37. The summed E-state index contributed by atoms with van der Waals surface area (Å²) in [6, 6.07) is 5.68. The van der Waals surface area contributed by atoms with Crippen LogP contribution in [-0.2, 0) is 4.79 Å². The molecule has 1 amide bonds. The molecule has 0 saturated carbocycles. The third-order valence-corrected chi connectivity index (χ3v) is 4.73. The van der Waals surface area contributed by atoms with Gasteiger partial charge in [-0.1, -0.05) is 47.0 Å². The molecule has 108 valence electrons. The number of carbonyl (C=O) groups excluding carboxylic acids is 1. The molecule has 1 heterocycles. The fraction of sp³-hybridized carbons (Fsp3) is 0.429. The second kappa shape index (κ2) is 7.04. The zero-order valence-corrected chi connectivity index (χ0v) is 13.9. The molecule has 0 saturated heterocycles. The summed E-state index contributed by atoms with van der Waals surface area (Å²) in [6.07, 6.45) is 2.94. The Bertz CT molecular complexity index is 600. The largest absolute Gasteiger partial charge is 0.497 e. The van der Waals surface area contributed by atoms with Gasteiger partial charge >= 0.3 is 0 Å². The van der Waals surface area contributed by atoms with Gasteiger partial charge in [0.1, 0.15) is 5.75 Å². The highest BCUT2D eigenvalue weighted by atomic mass is 79.9. The van der Waals surface area contributed by atoms with Crippen LogP contribution in [0, 0.1) is 0 Å². The number of nitrogens with zero attached hydrogens (tertiary/aromatic N) is 1. The second-order valence-corrected chi connectivity index (χ2v) is 6.59. The van der Waals surface area contributed by atoms with Crippen LogP contribution >= 0.6 is 27.3 Å². The van der Waals surface area contributed by atoms with Gasteiger partial charge in [-0.25, -0.2) is 4.98 Å². The lowest BCUT2D eigenvalue weighted by atomic mass is 10.2. The van der Waals surface area contributed by atoms with Crippen molar-refractivity contribution in [3.8, 4) is 5.75 Å². The Hall–Kier alpha value is -1.14. The van der Waals surface area contributed by atoms with Gasteiger partial charge in [-0.2, -0.15) is 0 Å². The van der Waals surface area contributed by atoms with E-state index in [1.54, 1.807) is 7.11 Å². The van der Waals surface area contributed by atoms with E-state index >= 15 is 0 Å². The predicted octanol–water partition coefficient (Wildman–Crippen LogP) is 4.20. The lowest BCUT2D eigenvalue weighted by molar-refractivity contribution is -0.115. The number of thiazole rings is 1. The van der Waals surface area contributed by atoms with E-state index < -0.39 is 0 Å². The first kappa shape index (κ1) is 15.3. The third kappa shape index (κ3) is 3.70. The number of ether oxygens (including phenoxy) is 1. The van der Waals surface area contributed by atoms with Crippen LogP contribution in [0.2, 0.25) is 0 Å². The van der Waals surface area contributed by atoms with Gasteiger partial charge in [0.05, 0.1) is 22.2 Å². The molecule has 1 atom stereocenters. The van der Waals surface area contributed by atoms with E-state index in [-0.39, 0.29) is 10.7 Å². The molecule has 2 rings (SSSR count). The molecule has 0 aliphatic heterocycles. The molecule has 0 aliphatic carbocycles. The minimum atomic E-state index is -0.163. The molecule has 0 fully saturated rings. The third-order valence-electron chi connectivity index (χ3n) is 2.92. The summed E-state index contributed by atoms with van der Waals surface area (Å²) in [5, 5.41) is 3.48. The SMILES string of the molecule is CCCC[C@H](Br)C(=O)Nc1nc2ccc(OC)cc2s1. The Balaban J connectivity index is 2.07. The highest BCUT2D eigenvalue weighted by Crippen LogP contribution is 2.29. The molecule has 0 unspecified atom stereocenters. The van der Waals surface area contributed by atoms with E-state index in [0.717, 1.165) is 35.2 Å². The highest BCUT2D eigenvalue weighted by molar-refractivity contribution is 9.10. The summed E-state index contributed by atoms with van der Waals surface area (Å²) in [6.45, 7) is 2.11. The maximum absolute atomic E-state index is 12.0. The maximum Gasteiger partial charge on any atom is 0.239 e. The molecule has 0 spiro atoms. The number of carbonyl (C=O) groups is 1. The van der Waals surface area contributed by atoms with Crippen molar-refractivity contribution in [3.05, 3.63) is 18.2 Å². The van der Waals surface area contributed by atoms with Crippen LogP contribution in [0.5, 0.6) is 5.75 Å². The number of methoxy groups -OCH3 is 1. The number of rotatable bonds is 6. The first-order valence-electron chi connectivity index (χ1n) is 6.53. The minimum absolute atomic E-state index is 0.0375. The summed E-state index contributed by atoms with van der Waals surface area (Å²) in [5.74, 6) is 0.754. The summed E-state index contributed by atoms with van der Waals surface area (Å²) in [5.41, 5.74) is 0.866. The normalized spacial score (nSPS) is 12.3. The number of benzene rings is 1. The quantitative estimate of drug-likeness (QED) is 0.789. The summed E-state index contributed by atoms with van der Waals surface area (Å²) >= 11 is 4.87. The number of hydrogen-bond donors (Lipinski definition) is 1. The number of alkyl halides is 1. The van der Waals surface area contributed by atoms with E-state index in [4.69, 9.17) is 4.74 Å². The van der Waals surface area contributed by atoms with E-state index in [2.05, 4.69) is 33.2 Å². The molecule has 0 aliphatic rings. The molecule has 2 aromatic rings.